The van der Waals surface area contributed by atoms with Gasteiger partial charge in [-0.1, -0.05) is 20.3 Å². The van der Waals surface area contributed by atoms with E-state index in [1.165, 1.54) is 7.05 Å². The standard InChI is InChI=1S/C10H21N3O2/c1-5-6(2)8(11)10(15)13-7(3)9(14)12-4/h6-8H,5,11H2,1-4H3,(H,12,14)(H,13,15)/t6-,7?,8-/m0/s1. The first-order valence-electron chi connectivity index (χ1n) is 5.21. The molecule has 0 spiro atoms. The van der Waals surface area contributed by atoms with Crippen molar-refractivity contribution in [3.8, 4) is 0 Å². The largest absolute Gasteiger partial charge is 0.357 e. The van der Waals surface area contributed by atoms with E-state index in [0.29, 0.717) is 0 Å². The van der Waals surface area contributed by atoms with Crippen LogP contribution in [0.3, 0.4) is 0 Å². The molecule has 0 rings (SSSR count). The van der Waals surface area contributed by atoms with Gasteiger partial charge in [0, 0.05) is 7.05 Å². The van der Waals surface area contributed by atoms with Gasteiger partial charge in [0.1, 0.15) is 6.04 Å². The van der Waals surface area contributed by atoms with E-state index in [0.717, 1.165) is 6.42 Å². The van der Waals surface area contributed by atoms with Crippen molar-refractivity contribution >= 4 is 11.8 Å². The molecule has 0 aliphatic rings. The molecule has 88 valence electrons. The molecule has 0 saturated carbocycles. The maximum atomic E-state index is 11.6. The van der Waals surface area contributed by atoms with Gasteiger partial charge in [-0.05, 0) is 12.8 Å². The number of nitrogens with two attached hydrogens (primary N) is 1. The molecular weight excluding hydrogens is 194 g/mol. The van der Waals surface area contributed by atoms with Crippen LogP contribution in [0.2, 0.25) is 0 Å². The molecule has 0 aromatic heterocycles. The van der Waals surface area contributed by atoms with E-state index in [4.69, 9.17) is 5.73 Å². The van der Waals surface area contributed by atoms with Crippen molar-refractivity contribution < 1.29 is 9.59 Å². The van der Waals surface area contributed by atoms with E-state index in [2.05, 4.69) is 10.6 Å². The van der Waals surface area contributed by atoms with Crippen LogP contribution >= 0.6 is 0 Å². The van der Waals surface area contributed by atoms with E-state index >= 15 is 0 Å². The predicted molar refractivity (Wildman–Crippen MR) is 59.1 cm³/mol. The molecule has 0 aromatic rings. The van der Waals surface area contributed by atoms with Crippen molar-refractivity contribution in [3.05, 3.63) is 0 Å². The Morgan fingerprint density at radius 1 is 1.27 bits per heavy atom. The Morgan fingerprint density at radius 2 is 1.80 bits per heavy atom. The summed E-state index contributed by atoms with van der Waals surface area (Å²) in [4.78, 5) is 22.7. The zero-order valence-corrected chi connectivity index (χ0v) is 9.83. The summed E-state index contributed by atoms with van der Waals surface area (Å²) in [5.74, 6) is -0.387. The lowest BCUT2D eigenvalue weighted by molar-refractivity contribution is -0.129. The molecule has 0 aliphatic carbocycles. The molecule has 4 N–H and O–H groups in total. The van der Waals surface area contributed by atoms with Crippen LogP contribution in [0.1, 0.15) is 27.2 Å². The van der Waals surface area contributed by atoms with Crippen molar-refractivity contribution in [2.24, 2.45) is 11.7 Å². The monoisotopic (exact) mass is 215 g/mol. The third-order valence-electron chi connectivity index (χ3n) is 2.56. The highest BCUT2D eigenvalue weighted by atomic mass is 16.2. The Balaban J connectivity index is 4.18. The number of amides is 2. The lowest BCUT2D eigenvalue weighted by atomic mass is 9.99. The van der Waals surface area contributed by atoms with Gasteiger partial charge in [0.15, 0.2) is 0 Å². The summed E-state index contributed by atoms with van der Waals surface area (Å²) < 4.78 is 0. The normalized spacial score (nSPS) is 16.3. The molecule has 15 heavy (non-hydrogen) atoms. The van der Waals surface area contributed by atoms with Crippen LogP contribution in [-0.4, -0.2) is 30.9 Å². The predicted octanol–water partition coefficient (Wildman–Crippen LogP) is -0.389. The molecule has 0 heterocycles. The van der Waals surface area contributed by atoms with Crippen LogP contribution in [0, 0.1) is 5.92 Å². The lowest BCUT2D eigenvalue weighted by Gasteiger charge is -2.20. The van der Waals surface area contributed by atoms with Crippen LogP contribution < -0.4 is 16.4 Å². The summed E-state index contributed by atoms with van der Waals surface area (Å²) in [7, 11) is 1.53. The summed E-state index contributed by atoms with van der Waals surface area (Å²) in [5.41, 5.74) is 5.72. The number of carbonyl (C=O) groups excluding carboxylic acids is 2. The second-order valence-electron chi connectivity index (χ2n) is 3.76. The van der Waals surface area contributed by atoms with Crippen LogP contribution in [0.15, 0.2) is 0 Å². The molecule has 0 bridgehead atoms. The van der Waals surface area contributed by atoms with Gasteiger partial charge in [0.2, 0.25) is 11.8 Å². The van der Waals surface area contributed by atoms with Crippen molar-refractivity contribution in [2.75, 3.05) is 7.05 Å². The summed E-state index contributed by atoms with van der Waals surface area (Å²) in [6.07, 6.45) is 0.836. The minimum atomic E-state index is -0.554. The smallest absolute Gasteiger partial charge is 0.242 e. The molecule has 0 radical (unpaired) electrons. The first-order valence-corrected chi connectivity index (χ1v) is 5.21. The molecule has 3 atom stereocenters. The fourth-order valence-corrected chi connectivity index (χ4v) is 1.10. The summed E-state index contributed by atoms with van der Waals surface area (Å²) >= 11 is 0. The van der Waals surface area contributed by atoms with Gasteiger partial charge in [-0.3, -0.25) is 9.59 Å². The summed E-state index contributed by atoms with van der Waals surface area (Å²) in [6, 6.07) is -1.10. The fourth-order valence-electron chi connectivity index (χ4n) is 1.10. The van der Waals surface area contributed by atoms with Gasteiger partial charge >= 0.3 is 0 Å². The molecule has 0 aromatic carbocycles. The summed E-state index contributed by atoms with van der Waals surface area (Å²) in [6.45, 7) is 5.51. The van der Waals surface area contributed by atoms with E-state index in [-0.39, 0.29) is 17.7 Å². The maximum absolute atomic E-state index is 11.6. The number of hydrogen-bond acceptors (Lipinski definition) is 3. The highest BCUT2D eigenvalue weighted by Gasteiger charge is 2.22. The number of hydrogen-bond donors (Lipinski definition) is 3. The Labute approximate surface area is 90.8 Å². The third kappa shape index (κ3) is 4.29. The first kappa shape index (κ1) is 13.9. The van der Waals surface area contributed by atoms with Crippen molar-refractivity contribution in [3.63, 3.8) is 0 Å². The number of rotatable bonds is 5. The van der Waals surface area contributed by atoms with Crippen LogP contribution in [0.4, 0.5) is 0 Å². The SMILES string of the molecule is CC[C@H](C)[C@H](N)C(=O)NC(C)C(=O)NC. The summed E-state index contributed by atoms with van der Waals surface area (Å²) in [5, 5.41) is 5.03. The Kier molecular flexibility index (Phi) is 5.93. The Morgan fingerprint density at radius 3 is 2.20 bits per heavy atom. The van der Waals surface area contributed by atoms with E-state index in [1.54, 1.807) is 6.92 Å². The molecule has 5 heteroatoms. The van der Waals surface area contributed by atoms with Crippen LogP contribution in [0.25, 0.3) is 0 Å². The topological polar surface area (TPSA) is 84.2 Å². The Hall–Kier alpha value is -1.10. The lowest BCUT2D eigenvalue weighted by Crippen LogP contribution is -2.51. The highest BCUT2D eigenvalue weighted by Crippen LogP contribution is 2.05. The second kappa shape index (κ2) is 6.40. The van der Waals surface area contributed by atoms with Crippen molar-refractivity contribution in [2.45, 2.75) is 39.3 Å². The molecule has 2 amide bonds. The molecule has 1 unspecified atom stereocenters. The van der Waals surface area contributed by atoms with E-state index in [9.17, 15) is 9.59 Å². The molecule has 0 fully saturated rings. The second-order valence-corrected chi connectivity index (χ2v) is 3.76. The number of likely N-dealkylation sites (N-methyl/N-ethyl adjacent to an activating group) is 1. The molecule has 0 aliphatic heterocycles. The van der Waals surface area contributed by atoms with Gasteiger partial charge in [-0.25, -0.2) is 0 Å². The zero-order chi connectivity index (χ0) is 12.0. The minimum absolute atomic E-state index is 0.113. The average molecular weight is 215 g/mol. The van der Waals surface area contributed by atoms with Gasteiger partial charge < -0.3 is 16.4 Å². The molecular formula is C10H21N3O2. The number of carbonyl (C=O) groups is 2. The number of nitrogens with one attached hydrogen (secondary N) is 2. The Bertz CT molecular complexity index is 231. The van der Waals surface area contributed by atoms with Crippen LogP contribution in [-0.2, 0) is 9.59 Å². The van der Waals surface area contributed by atoms with Gasteiger partial charge in [0.25, 0.3) is 0 Å². The van der Waals surface area contributed by atoms with E-state index in [1.807, 2.05) is 13.8 Å². The quantitative estimate of drug-likeness (QED) is 0.584. The van der Waals surface area contributed by atoms with Crippen molar-refractivity contribution in [1.29, 1.82) is 0 Å². The minimum Gasteiger partial charge on any atom is -0.357 e. The van der Waals surface area contributed by atoms with Crippen LogP contribution in [0.5, 0.6) is 0 Å². The van der Waals surface area contributed by atoms with Gasteiger partial charge in [0.05, 0.1) is 6.04 Å². The molecule has 5 nitrogen and oxygen atoms in total. The van der Waals surface area contributed by atoms with Crippen molar-refractivity contribution in [1.82, 2.24) is 10.6 Å². The zero-order valence-electron chi connectivity index (χ0n) is 9.83. The average Bonchev–Trinajstić information content (AvgIpc) is 2.25. The fraction of sp³-hybridized carbons (Fsp3) is 0.800. The highest BCUT2D eigenvalue weighted by molar-refractivity contribution is 5.89. The first-order chi connectivity index (χ1) is 6.93. The van der Waals surface area contributed by atoms with E-state index < -0.39 is 12.1 Å². The van der Waals surface area contributed by atoms with Gasteiger partial charge in [-0.15, -0.1) is 0 Å². The molecule has 0 saturated heterocycles. The maximum Gasteiger partial charge on any atom is 0.242 e. The van der Waals surface area contributed by atoms with Gasteiger partial charge in [-0.2, -0.15) is 0 Å². The third-order valence-corrected chi connectivity index (χ3v) is 2.56.